The summed E-state index contributed by atoms with van der Waals surface area (Å²) in [4.78, 5) is 7.48. The first-order valence-corrected chi connectivity index (χ1v) is 11.8. The van der Waals surface area contributed by atoms with E-state index in [2.05, 4.69) is 23.9 Å². The molecule has 0 radical (unpaired) electrons. The van der Waals surface area contributed by atoms with E-state index in [1.54, 1.807) is 25.4 Å². The number of H-pyrrole nitrogens is 1. The number of hydrogen-bond acceptors (Lipinski definition) is 4. The number of piperazine rings is 1. The fourth-order valence-electron chi connectivity index (χ4n) is 3.99. The average Bonchev–Trinajstić information content (AvgIpc) is 2.78. The van der Waals surface area contributed by atoms with E-state index in [9.17, 15) is 8.42 Å². The van der Waals surface area contributed by atoms with Crippen LogP contribution in [0.15, 0.2) is 58.5 Å². The molecule has 0 saturated carbocycles. The number of rotatable bonds is 5. The highest BCUT2D eigenvalue weighted by Gasteiger charge is 2.31. The van der Waals surface area contributed by atoms with Crippen molar-refractivity contribution in [2.45, 2.75) is 23.1 Å². The minimum atomic E-state index is -3.69. The maximum atomic E-state index is 13.7. The van der Waals surface area contributed by atoms with Gasteiger partial charge in [-0.3, -0.25) is 0 Å². The van der Waals surface area contributed by atoms with Gasteiger partial charge in [-0.25, -0.2) is 13.4 Å². The Morgan fingerprint density at radius 1 is 1.10 bits per heavy atom. The normalized spacial score (nSPS) is 15.5. The topological polar surface area (TPSA) is 65.2 Å². The van der Waals surface area contributed by atoms with Crippen molar-refractivity contribution in [1.82, 2.24) is 0 Å². The van der Waals surface area contributed by atoms with Gasteiger partial charge in [0, 0.05) is 6.07 Å². The van der Waals surface area contributed by atoms with Crippen LogP contribution in [0.4, 0.5) is 5.69 Å². The molecule has 0 bridgehead atoms. The summed E-state index contributed by atoms with van der Waals surface area (Å²) in [6, 6.07) is 12.9. The van der Waals surface area contributed by atoms with Gasteiger partial charge in [-0.1, -0.05) is 19.1 Å². The Morgan fingerprint density at radius 2 is 1.80 bits per heavy atom. The molecule has 4 rings (SSSR count). The molecule has 6 nitrogen and oxygen atoms in total. The Balaban J connectivity index is 1.92. The summed E-state index contributed by atoms with van der Waals surface area (Å²) in [5, 5.41) is 0.861. The second-order valence-electron chi connectivity index (χ2n) is 7.86. The second kappa shape index (κ2) is 8.24. The van der Waals surface area contributed by atoms with Crippen LogP contribution in [0.2, 0.25) is 0 Å². The number of benzene rings is 2. The third-order valence-electron chi connectivity index (χ3n) is 5.94. The zero-order valence-electron chi connectivity index (χ0n) is 17.7. The molecule has 1 aliphatic rings. The van der Waals surface area contributed by atoms with Crippen molar-refractivity contribution in [1.29, 1.82) is 0 Å². The lowest BCUT2D eigenvalue weighted by molar-refractivity contribution is -0.880. The lowest BCUT2D eigenvalue weighted by atomic mass is 10.1. The summed E-state index contributed by atoms with van der Waals surface area (Å²) < 4.78 is 32.8. The first-order chi connectivity index (χ1) is 14.4. The van der Waals surface area contributed by atoms with Crippen LogP contribution >= 0.6 is 0 Å². The predicted molar refractivity (Wildman–Crippen MR) is 117 cm³/mol. The number of aryl methyl sites for hydroxylation is 1. The van der Waals surface area contributed by atoms with Crippen LogP contribution in [0, 0.1) is 0 Å². The predicted octanol–water partition coefficient (Wildman–Crippen LogP) is 1.39. The molecule has 7 heteroatoms. The molecule has 2 heterocycles. The monoisotopic (exact) mass is 427 g/mol. The summed E-state index contributed by atoms with van der Waals surface area (Å²) in [5.41, 5.74) is 2.76. The number of ether oxygens (including phenoxy) is 1. The van der Waals surface area contributed by atoms with Crippen LogP contribution in [0.1, 0.15) is 12.5 Å². The van der Waals surface area contributed by atoms with Crippen molar-refractivity contribution in [2.75, 3.05) is 45.2 Å². The van der Waals surface area contributed by atoms with Gasteiger partial charge in [-0.05, 0) is 36.2 Å². The Morgan fingerprint density at radius 3 is 2.43 bits per heavy atom. The summed E-state index contributed by atoms with van der Waals surface area (Å²) in [5.74, 6) is 0.707. The summed E-state index contributed by atoms with van der Waals surface area (Å²) >= 11 is 0. The number of fused-ring (bicyclic) bond motifs is 1. The number of anilines is 1. The third-order valence-corrected chi connectivity index (χ3v) is 7.72. The van der Waals surface area contributed by atoms with E-state index in [0.717, 1.165) is 54.8 Å². The van der Waals surface area contributed by atoms with Gasteiger partial charge in [-0.15, -0.1) is 0 Å². The Bertz CT molecular complexity index is 1150. The number of pyridine rings is 1. The number of nitrogens with one attached hydrogen (secondary N) is 2. The molecule has 3 aromatic rings. The molecule has 0 atom stereocenters. The molecular formula is C23H29N3O3S+2. The second-order valence-corrected chi connectivity index (χ2v) is 9.78. The fourth-order valence-corrected chi connectivity index (χ4v) is 5.45. The van der Waals surface area contributed by atoms with Crippen molar-refractivity contribution in [3.63, 3.8) is 0 Å². The van der Waals surface area contributed by atoms with Gasteiger partial charge in [0.2, 0.25) is 15.4 Å². The van der Waals surface area contributed by atoms with Crippen molar-refractivity contribution in [3.8, 4) is 5.75 Å². The molecule has 0 unspecified atom stereocenters. The molecule has 0 spiro atoms. The smallest absolute Gasteiger partial charge is 0.214 e. The minimum Gasteiger partial charge on any atom is -0.497 e. The molecule has 1 saturated heterocycles. The number of methoxy groups -OCH3 is 1. The van der Waals surface area contributed by atoms with Gasteiger partial charge in [0.25, 0.3) is 0 Å². The van der Waals surface area contributed by atoms with Gasteiger partial charge in [0.1, 0.15) is 5.75 Å². The molecule has 2 aromatic carbocycles. The van der Waals surface area contributed by atoms with Crippen molar-refractivity contribution in [2.24, 2.45) is 0 Å². The van der Waals surface area contributed by atoms with E-state index < -0.39 is 9.84 Å². The van der Waals surface area contributed by atoms with Crippen LogP contribution in [-0.4, -0.2) is 48.8 Å². The number of likely N-dealkylation sites (N-methyl/N-ethyl adjacent to an activating group) is 1. The van der Waals surface area contributed by atoms with Crippen LogP contribution in [0.25, 0.3) is 10.9 Å². The van der Waals surface area contributed by atoms with Crippen LogP contribution in [0.5, 0.6) is 5.75 Å². The first-order valence-electron chi connectivity index (χ1n) is 10.4. The van der Waals surface area contributed by atoms with Gasteiger partial charge in [0.05, 0.1) is 56.3 Å². The van der Waals surface area contributed by atoms with Crippen LogP contribution < -0.4 is 19.5 Å². The van der Waals surface area contributed by atoms with Crippen molar-refractivity contribution < 1.29 is 23.0 Å². The van der Waals surface area contributed by atoms with Gasteiger partial charge in [0.15, 0.2) is 11.1 Å². The van der Waals surface area contributed by atoms with Gasteiger partial charge >= 0.3 is 0 Å². The molecule has 1 fully saturated rings. The fraction of sp³-hybridized carbons (Fsp3) is 0.348. The quantitative estimate of drug-likeness (QED) is 0.668. The zero-order valence-corrected chi connectivity index (χ0v) is 18.6. The summed E-state index contributed by atoms with van der Waals surface area (Å²) in [6.07, 6.45) is 2.51. The largest absolute Gasteiger partial charge is 0.497 e. The van der Waals surface area contributed by atoms with E-state index in [0.29, 0.717) is 15.5 Å². The lowest BCUT2D eigenvalue weighted by Gasteiger charge is -2.33. The standard InChI is InChI=1S/C23H27N3O3S/c1-4-17-5-8-19(9-6-17)30(27,28)22-16-24-21-10-7-18(29-3)15-20(21)23(22)26-13-11-25(2)12-14-26/h5-10,15-16H,4,11-14H2,1-3H3/p+2. The third kappa shape index (κ3) is 3.75. The van der Waals surface area contributed by atoms with E-state index in [1.165, 1.54) is 4.90 Å². The molecule has 2 N–H and O–H groups in total. The number of quaternary nitrogens is 1. The van der Waals surface area contributed by atoms with E-state index >= 15 is 0 Å². The summed E-state index contributed by atoms with van der Waals surface area (Å²) in [7, 11) is 0.106. The zero-order chi connectivity index (χ0) is 21.3. The highest BCUT2D eigenvalue weighted by molar-refractivity contribution is 7.91. The Hall–Kier alpha value is -2.64. The molecule has 0 aliphatic carbocycles. The van der Waals surface area contributed by atoms with E-state index in [1.807, 2.05) is 30.3 Å². The number of aromatic nitrogens is 1. The first kappa shape index (κ1) is 20.6. The van der Waals surface area contributed by atoms with Crippen molar-refractivity contribution in [3.05, 3.63) is 54.2 Å². The highest BCUT2D eigenvalue weighted by Crippen LogP contribution is 2.36. The average molecular weight is 428 g/mol. The number of nitrogens with zero attached hydrogens (tertiary/aromatic N) is 1. The van der Waals surface area contributed by atoms with Crippen molar-refractivity contribution >= 4 is 26.4 Å². The number of sulfone groups is 1. The van der Waals surface area contributed by atoms with E-state index in [4.69, 9.17) is 4.74 Å². The molecule has 1 aliphatic heterocycles. The lowest BCUT2D eigenvalue weighted by Crippen LogP contribution is -3.12. The van der Waals surface area contributed by atoms with Gasteiger partial charge < -0.3 is 14.5 Å². The number of hydrogen-bond donors (Lipinski definition) is 1. The number of aromatic amines is 1. The molecule has 158 valence electrons. The van der Waals surface area contributed by atoms with Crippen LogP contribution in [0.3, 0.4) is 0 Å². The SMILES string of the molecule is CCc1ccc(S(=O)(=O)c2c[nH+]c3ccc(OC)cc3c2N2CC[NH+](C)CC2)cc1. The van der Waals surface area contributed by atoms with E-state index in [-0.39, 0.29) is 0 Å². The molecule has 0 amide bonds. The molecule has 1 aromatic heterocycles. The Labute approximate surface area is 178 Å². The maximum absolute atomic E-state index is 13.7. The van der Waals surface area contributed by atoms with Gasteiger partial charge in [-0.2, -0.15) is 0 Å². The maximum Gasteiger partial charge on any atom is 0.214 e. The Kier molecular flexibility index (Phi) is 5.66. The summed E-state index contributed by atoms with van der Waals surface area (Å²) in [6.45, 7) is 5.60. The van der Waals surface area contributed by atoms with Crippen LogP contribution in [-0.2, 0) is 16.3 Å². The highest BCUT2D eigenvalue weighted by atomic mass is 32.2. The minimum absolute atomic E-state index is 0.312. The molecule has 30 heavy (non-hydrogen) atoms. The molecular weight excluding hydrogens is 398 g/mol.